The van der Waals surface area contributed by atoms with Crippen LogP contribution in [0.4, 0.5) is 0 Å². The molecule has 0 aromatic heterocycles. The fraction of sp³-hybridized carbons (Fsp3) is 0.857. The summed E-state index contributed by atoms with van der Waals surface area (Å²) in [6, 6.07) is 0. The molecule has 0 spiro atoms. The number of carbonyl (C=O) groups excluding carboxylic acids is 1. The molecule has 0 aromatic carbocycles. The van der Waals surface area contributed by atoms with Crippen LogP contribution in [-0.2, 0) is 4.79 Å². The van der Waals surface area contributed by atoms with Crippen LogP contribution in [0.5, 0.6) is 0 Å². The minimum atomic E-state index is -0.142. The molecule has 1 heterocycles. The highest BCUT2D eigenvalue weighted by Crippen LogP contribution is 2.09. The first-order chi connectivity index (χ1) is 5.72. The van der Waals surface area contributed by atoms with Gasteiger partial charge in [0, 0.05) is 5.92 Å². The van der Waals surface area contributed by atoms with E-state index in [0.717, 1.165) is 25.9 Å². The summed E-state index contributed by atoms with van der Waals surface area (Å²) in [6.07, 6.45) is 1.82. The van der Waals surface area contributed by atoms with E-state index in [2.05, 4.69) is 5.32 Å². The second-order valence-electron chi connectivity index (χ2n) is 2.53. The Morgan fingerprint density at radius 2 is 1.77 bits per heavy atom. The fourth-order valence-corrected chi connectivity index (χ4v) is 1.11. The average molecular weight is 250 g/mol. The number of hydrogen-bond donors (Lipinski definition) is 2. The van der Waals surface area contributed by atoms with Crippen LogP contribution in [0.2, 0.25) is 0 Å². The van der Waals surface area contributed by atoms with Crippen molar-refractivity contribution in [2.45, 2.75) is 12.8 Å². The summed E-state index contributed by atoms with van der Waals surface area (Å²) in [5.41, 5.74) is 5.10. The second kappa shape index (κ2) is 10.4. The number of piperidine rings is 1. The minimum Gasteiger partial charge on any atom is -0.369 e. The van der Waals surface area contributed by atoms with Gasteiger partial charge >= 0.3 is 0 Å². The van der Waals surface area contributed by atoms with E-state index in [1.807, 2.05) is 0 Å². The highest BCUT2D eigenvalue weighted by molar-refractivity contribution is 6.40. The molecule has 0 saturated carbocycles. The largest absolute Gasteiger partial charge is 0.369 e. The molecular weight excluding hydrogens is 234 g/mol. The molecule has 0 radical (unpaired) electrons. The maximum Gasteiger partial charge on any atom is 0.220 e. The van der Waals surface area contributed by atoms with Crippen molar-refractivity contribution in [1.29, 1.82) is 0 Å². The molecule has 6 heteroatoms. The smallest absolute Gasteiger partial charge is 0.220 e. The first-order valence-corrected chi connectivity index (χ1v) is 4.91. The van der Waals surface area contributed by atoms with E-state index < -0.39 is 0 Å². The quantitative estimate of drug-likeness (QED) is 0.689. The molecule has 0 atom stereocenters. The van der Waals surface area contributed by atoms with E-state index >= 15 is 0 Å². The molecule has 1 saturated heterocycles. The normalized spacial score (nSPS) is 16.5. The summed E-state index contributed by atoms with van der Waals surface area (Å²) in [4.78, 5) is 10.5. The molecule has 1 amide bonds. The highest BCUT2D eigenvalue weighted by Gasteiger charge is 2.17. The summed E-state index contributed by atoms with van der Waals surface area (Å²) in [7, 11) is 0. The Labute approximate surface area is 94.7 Å². The van der Waals surface area contributed by atoms with Gasteiger partial charge in [-0.15, -0.1) is 35.6 Å². The number of hydrogen-bond acceptors (Lipinski definition) is 2. The SMILES string of the molecule is Cl.ClCCl.NC(=O)C1CCNCC1. The lowest BCUT2D eigenvalue weighted by molar-refractivity contribution is -0.122. The molecule has 3 nitrogen and oxygen atoms in total. The zero-order valence-corrected chi connectivity index (χ0v) is 9.59. The Morgan fingerprint density at radius 3 is 2.00 bits per heavy atom. The zero-order chi connectivity index (χ0) is 9.40. The average Bonchev–Trinajstić information content (AvgIpc) is 2.07. The van der Waals surface area contributed by atoms with Crippen molar-refractivity contribution in [3.63, 3.8) is 0 Å². The number of primary amides is 1. The molecule has 0 aliphatic carbocycles. The highest BCUT2D eigenvalue weighted by atomic mass is 35.5. The molecule has 1 rings (SSSR count). The van der Waals surface area contributed by atoms with Crippen molar-refractivity contribution in [3.05, 3.63) is 0 Å². The predicted molar refractivity (Wildman–Crippen MR) is 58.6 cm³/mol. The van der Waals surface area contributed by atoms with Gasteiger partial charge in [-0.1, -0.05) is 0 Å². The van der Waals surface area contributed by atoms with Crippen molar-refractivity contribution in [2.75, 3.05) is 18.4 Å². The Hall–Kier alpha value is 0.300. The van der Waals surface area contributed by atoms with Crippen LogP contribution in [0.3, 0.4) is 0 Å². The summed E-state index contributed by atoms with van der Waals surface area (Å²) in [5.74, 6) is -0.0113. The van der Waals surface area contributed by atoms with Crippen molar-refractivity contribution in [3.8, 4) is 0 Å². The maximum atomic E-state index is 10.5. The molecule has 0 unspecified atom stereocenters. The molecule has 1 aliphatic rings. The van der Waals surface area contributed by atoms with Crippen molar-refractivity contribution in [1.82, 2.24) is 5.32 Å². The third-order valence-electron chi connectivity index (χ3n) is 1.74. The van der Waals surface area contributed by atoms with Crippen LogP contribution in [-0.4, -0.2) is 24.3 Å². The van der Waals surface area contributed by atoms with Crippen molar-refractivity contribution >= 4 is 41.5 Å². The molecule has 0 bridgehead atoms. The van der Waals surface area contributed by atoms with E-state index in [4.69, 9.17) is 28.9 Å². The van der Waals surface area contributed by atoms with E-state index in [9.17, 15) is 4.79 Å². The first-order valence-electron chi connectivity index (χ1n) is 3.84. The number of halogens is 3. The molecule has 3 N–H and O–H groups in total. The van der Waals surface area contributed by atoms with Gasteiger partial charge < -0.3 is 11.1 Å². The van der Waals surface area contributed by atoms with Gasteiger partial charge in [0.25, 0.3) is 0 Å². The third kappa shape index (κ3) is 8.63. The minimum absolute atomic E-state index is 0. The fourth-order valence-electron chi connectivity index (χ4n) is 1.11. The lowest BCUT2D eigenvalue weighted by Gasteiger charge is -2.18. The maximum absolute atomic E-state index is 10.5. The van der Waals surface area contributed by atoms with Gasteiger partial charge in [-0.2, -0.15) is 0 Å². The standard InChI is InChI=1S/C6H12N2O.CH2Cl2.ClH/c7-6(9)5-1-3-8-4-2-5;2-1-3;/h5,8H,1-4H2,(H2,7,9);1H2;1H. The van der Waals surface area contributed by atoms with Crippen LogP contribution in [0.15, 0.2) is 0 Å². The molecule has 80 valence electrons. The number of nitrogens with two attached hydrogens (primary N) is 1. The topological polar surface area (TPSA) is 55.1 Å². The van der Waals surface area contributed by atoms with Gasteiger partial charge in [0.05, 0.1) is 5.34 Å². The van der Waals surface area contributed by atoms with E-state index in [0.29, 0.717) is 0 Å². The first kappa shape index (κ1) is 15.8. The van der Waals surface area contributed by atoms with Gasteiger partial charge in [-0.25, -0.2) is 0 Å². The van der Waals surface area contributed by atoms with Crippen LogP contribution >= 0.6 is 35.6 Å². The van der Waals surface area contributed by atoms with Gasteiger partial charge in [-0.3, -0.25) is 4.79 Å². The lowest BCUT2D eigenvalue weighted by atomic mass is 9.98. The van der Waals surface area contributed by atoms with E-state index in [1.54, 1.807) is 0 Å². The molecule has 13 heavy (non-hydrogen) atoms. The van der Waals surface area contributed by atoms with Crippen LogP contribution in [0.25, 0.3) is 0 Å². The number of amides is 1. The number of alkyl halides is 2. The molecule has 1 aliphatic heterocycles. The van der Waals surface area contributed by atoms with E-state index in [-0.39, 0.29) is 29.6 Å². The van der Waals surface area contributed by atoms with Crippen LogP contribution < -0.4 is 11.1 Å². The Morgan fingerprint density at radius 1 is 1.38 bits per heavy atom. The van der Waals surface area contributed by atoms with Gasteiger partial charge in [0.2, 0.25) is 5.91 Å². The second-order valence-corrected chi connectivity index (χ2v) is 3.34. The summed E-state index contributed by atoms with van der Waals surface area (Å²) >= 11 is 9.53. The van der Waals surface area contributed by atoms with Crippen LogP contribution in [0.1, 0.15) is 12.8 Å². The number of rotatable bonds is 1. The monoisotopic (exact) mass is 248 g/mol. The summed E-state index contributed by atoms with van der Waals surface area (Å²) in [5, 5.41) is 3.36. The Balaban J connectivity index is 0. The number of carbonyl (C=O) groups is 1. The predicted octanol–water partition coefficient (Wildman–Crippen LogP) is 1.31. The van der Waals surface area contributed by atoms with Gasteiger partial charge in [0.1, 0.15) is 0 Å². The lowest BCUT2D eigenvalue weighted by Crippen LogP contribution is -2.34. The third-order valence-corrected chi connectivity index (χ3v) is 1.74. The Bertz CT molecular complexity index is 129. The molecular formula is C7H15Cl3N2O. The van der Waals surface area contributed by atoms with E-state index in [1.165, 1.54) is 0 Å². The number of nitrogens with one attached hydrogen (secondary N) is 1. The van der Waals surface area contributed by atoms with Crippen LogP contribution in [0, 0.1) is 5.92 Å². The summed E-state index contributed by atoms with van der Waals surface area (Å²) < 4.78 is 0. The summed E-state index contributed by atoms with van der Waals surface area (Å²) in [6.45, 7) is 1.88. The Kier molecular flexibility index (Phi) is 12.6. The van der Waals surface area contributed by atoms with Gasteiger partial charge in [-0.05, 0) is 25.9 Å². The van der Waals surface area contributed by atoms with Crippen molar-refractivity contribution < 1.29 is 4.79 Å². The molecule has 0 aromatic rings. The van der Waals surface area contributed by atoms with Gasteiger partial charge in [0.15, 0.2) is 0 Å². The zero-order valence-electron chi connectivity index (χ0n) is 7.26. The molecule has 1 fully saturated rings. The van der Waals surface area contributed by atoms with Crippen molar-refractivity contribution in [2.24, 2.45) is 11.7 Å².